The van der Waals surface area contributed by atoms with Gasteiger partial charge in [-0.2, -0.15) is 18.3 Å². The summed E-state index contributed by atoms with van der Waals surface area (Å²) in [5, 5.41) is 13.1. The number of aromatic nitrogens is 2. The van der Waals surface area contributed by atoms with E-state index in [1.807, 2.05) is 0 Å². The summed E-state index contributed by atoms with van der Waals surface area (Å²) in [5.74, 6) is -3.05. The fraction of sp³-hybridized carbons (Fsp3) is 0.500. The molecule has 4 nitrogen and oxygen atoms in total. The van der Waals surface area contributed by atoms with Crippen LogP contribution in [0, 0.1) is 0 Å². The Labute approximate surface area is 127 Å². The van der Waals surface area contributed by atoms with E-state index in [1.54, 1.807) is 12.1 Å². The van der Waals surface area contributed by atoms with Gasteiger partial charge in [0.15, 0.2) is 5.69 Å². The standard InChI is InChI=1S/C14H13F5N2O2/c15-13(16)5-3-9-10(12(13)22)11(14(17,18)19)20-21(9)6-4-8-2-1-7-23-8/h1-2,7,12,22H,3-6H2/t12-/m0/s1. The highest BCUT2D eigenvalue weighted by Gasteiger charge is 2.51. The molecule has 23 heavy (non-hydrogen) atoms. The van der Waals surface area contributed by atoms with Crippen LogP contribution in [0.4, 0.5) is 22.0 Å². The molecule has 2 heterocycles. The monoisotopic (exact) mass is 336 g/mol. The number of furan rings is 1. The minimum absolute atomic E-state index is 0.00214. The molecule has 126 valence electrons. The number of fused-ring (bicyclic) bond motifs is 1. The van der Waals surface area contributed by atoms with Crippen LogP contribution >= 0.6 is 0 Å². The summed E-state index contributed by atoms with van der Waals surface area (Å²) in [5.41, 5.74) is -2.26. The van der Waals surface area contributed by atoms with E-state index >= 15 is 0 Å². The number of hydrogen-bond donors (Lipinski definition) is 1. The summed E-state index contributed by atoms with van der Waals surface area (Å²) in [7, 11) is 0. The quantitative estimate of drug-likeness (QED) is 0.875. The average molecular weight is 336 g/mol. The molecule has 9 heteroatoms. The summed E-state index contributed by atoms with van der Waals surface area (Å²) < 4.78 is 72.6. The first-order valence-corrected chi connectivity index (χ1v) is 6.95. The van der Waals surface area contributed by atoms with Crippen molar-refractivity contribution < 1.29 is 31.5 Å². The number of halogens is 5. The van der Waals surface area contributed by atoms with Crippen LogP contribution < -0.4 is 0 Å². The van der Waals surface area contributed by atoms with Gasteiger partial charge in [0.25, 0.3) is 5.92 Å². The van der Waals surface area contributed by atoms with Gasteiger partial charge in [-0.25, -0.2) is 8.78 Å². The van der Waals surface area contributed by atoms with Crippen LogP contribution in [0.25, 0.3) is 0 Å². The molecular weight excluding hydrogens is 323 g/mol. The first-order chi connectivity index (χ1) is 10.7. The zero-order valence-corrected chi connectivity index (χ0v) is 11.8. The number of nitrogens with zero attached hydrogens (tertiary/aromatic N) is 2. The zero-order chi connectivity index (χ0) is 16.8. The van der Waals surface area contributed by atoms with E-state index in [2.05, 4.69) is 5.10 Å². The number of aliphatic hydroxyl groups excluding tert-OH is 1. The molecule has 0 amide bonds. The van der Waals surface area contributed by atoms with E-state index in [1.165, 1.54) is 6.26 Å². The van der Waals surface area contributed by atoms with Crippen molar-refractivity contribution in [1.29, 1.82) is 0 Å². The van der Waals surface area contributed by atoms with E-state index in [0.717, 1.165) is 4.68 Å². The van der Waals surface area contributed by atoms with Crippen LogP contribution in [0.15, 0.2) is 22.8 Å². The van der Waals surface area contributed by atoms with Crippen molar-refractivity contribution in [1.82, 2.24) is 9.78 Å². The topological polar surface area (TPSA) is 51.2 Å². The number of rotatable bonds is 3. The molecular formula is C14H13F5N2O2. The van der Waals surface area contributed by atoms with Crippen molar-refractivity contribution in [2.45, 2.75) is 44.0 Å². The van der Waals surface area contributed by atoms with Gasteiger partial charge in [0.1, 0.15) is 11.9 Å². The molecule has 3 rings (SSSR count). The Morgan fingerprint density at radius 2 is 2.13 bits per heavy atom. The lowest BCUT2D eigenvalue weighted by Crippen LogP contribution is -2.33. The molecule has 0 bridgehead atoms. The van der Waals surface area contributed by atoms with Gasteiger partial charge in [-0.05, 0) is 18.6 Å². The van der Waals surface area contributed by atoms with Gasteiger partial charge in [0, 0.05) is 30.6 Å². The fourth-order valence-electron chi connectivity index (χ4n) is 2.76. The first-order valence-electron chi connectivity index (χ1n) is 6.95. The van der Waals surface area contributed by atoms with Gasteiger partial charge in [-0.15, -0.1) is 0 Å². The van der Waals surface area contributed by atoms with Crippen molar-refractivity contribution >= 4 is 0 Å². The normalized spacial score (nSPS) is 20.5. The molecule has 0 unspecified atom stereocenters. The predicted octanol–water partition coefficient (Wildman–Crippen LogP) is 3.35. The fourth-order valence-corrected chi connectivity index (χ4v) is 2.76. The second-order valence-electron chi connectivity index (χ2n) is 5.42. The molecule has 0 saturated heterocycles. The lowest BCUT2D eigenvalue weighted by atomic mass is 9.89. The highest BCUT2D eigenvalue weighted by Crippen LogP contribution is 2.46. The molecule has 0 aliphatic heterocycles. The molecule has 1 atom stereocenters. The third-order valence-corrected chi connectivity index (χ3v) is 3.89. The maximum atomic E-state index is 13.6. The number of aryl methyl sites for hydroxylation is 2. The van der Waals surface area contributed by atoms with Crippen LogP contribution in [0.1, 0.15) is 35.2 Å². The van der Waals surface area contributed by atoms with E-state index in [9.17, 15) is 27.1 Å². The lowest BCUT2D eigenvalue weighted by molar-refractivity contribution is -0.150. The van der Waals surface area contributed by atoms with E-state index in [4.69, 9.17) is 4.42 Å². The highest BCUT2D eigenvalue weighted by molar-refractivity contribution is 5.35. The summed E-state index contributed by atoms with van der Waals surface area (Å²) in [6.45, 7) is 0.0459. The molecule has 1 N–H and O–H groups in total. The summed E-state index contributed by atoms with van der Waals surface area (Å²) in [6.07, 6.45) is -6.70. The highest BCUT2D eigenvalue weighted by atomic mass is 19.4. The third-order valence-electron chi connectivity index (χ3n) is 3.89. The molecule has 2 aromatic heterocycles. The molecule has 0 fully saturated rings. The molecule has 0 saturated carbocycles. The van der Waals surface area contributed by atoms with Crippen LogP contribution in [-0.4, -0.2) is 20.8 Å². The molecule has 0 aromatic carbocycles. The van der Waals surface area contributed by atoms with Crippen molar-refractivity contribution in [3.8, 4) is 0 Å². The zero-order valence-electron chi connectivity index (χ0n) is 11.8. The summed E-state index contributed by atoms with van der Waals surface area (Å²) >= 11 is 0. The van der Waals surface area contributed by atoms with Gasteiger partial charge in [0.05, 0.1) is 6.26 Å². The van der Waals surface area contributed by atoms with Crippen LogP contribution in [0.5, 0.6) is 0 Å². The van der Waals surface area contributed by atoms with Gasteiger partial charge in [-0.3, -0.25) is 4.68 Å². The predicted molar refractivity (Wildman–Crippen MR) is 67.9 cm³/mol. The lowest BCUT2D eigenvalue weighted by Gasteiger charge is -2.28. The largest absolute Gasteiger partial charge is 0.469 e. The summed E-state index contributed by atoms with van der Waals surface area (Å²) in [6, 6.07) is 3.29. The number of alkyl halides is 5. The van der Waals surface area contributed by atoms with E-state index in [-0.39, 0.29) is 25.1 Å². The Kier molecular flexibility index (Phi) is 3.70. The summed E-state index contributed by atoms with van der Waals surface area (Å²) in [4.78, 5) is 0. The minimum Gasteiger partial charge on any atom is -0.469 e. The maximum absolute atomic E-state index is 13.6. The van der Waals surface area contributed by atoms with Crippen LogP contribution in [-0.2, 0) is 25.6 Å². The Balaban J connectivity index is 1.99. The molecule has 1 aliphatic rings. The van der Waals surface area contributed by atoms with Gasteiger partial charge < -0.3 is 9.52 Å². The van der Waals surface area contributed by atoms with Gasteiger partial charge in [-0.1, -0.05) is 0 Å². The Hall–Kier alpha value is -1.90. The average Bonchev–Trinajstić information content (AvgIpc) is 3.07. The SMILES string of the molecule is O[C@H]1c2c(C(F)(F)F)nn(CCc3ccco3)c2CCC1(F)F. The molecule has 2 aromatic rings. The second-order valence-corrected chi connectivity index (χ2v) is 5.42. The Morgan fingerprint density at radius 3 is 2.74 bits per heavy atom. The van der Waals surface area contributed by atoms with Crippen molar-refractivity contribution in [2.75, 3.05) is 0 Å². The van der Waals surface area contributed by atoms with Crippen molar-refractivity contribution in [3.05, 3.63) is 41.1 Å². The van der Waals surface area contributed by atoms with Crippen molar-refractivity contribution in [3.63, 3.8) is 0 Å². The second kappa shape index (κ2) is 5.33. The first kappa shape index (κ1) is 16.0. The van der Waals surface area contributed by atoms with Crippen LogP contribution in [0.2, 0.25) is 0 Å². The van der Waals surface area contributed by atoms with E-state index < -0.39 is 35.9 Å². The van der Waals surface area contributed by atoms with E-state index in [0.29, 0.717) is 5.76 Å². The number of hydrogen-bond acceptors (Lipinski definition) is 3. The molecule has 0 spiro atoms. The third kappa shape index (κ3) is 2.85. The van der Waals surface area contributed by atoms with Crippen molar-refractivity contribution in [2.24, 2.45) is 0 Å². The Morgan fingerprint density at radius 1 is 1.39 bits per heavy atom. The van der Waals surface area contributed by atoms with Crippen LogP contribution in [0.3, 0.4) is 0 Å². The Bertz CT molecular complexity index is 691. The van der Waals surface area contributed by atoms with Gasteiger partial charge in [0.2, 0.25) is 0 Å². The van der Waals surface area contributed by atoms with Gasteiger partial charge >= 0.3 is 6.18 Å². The maximum Gasteiger partial charge on any atom is 0.435 e. The molecule has 0 radical (unpaired) electrons. The minimum atomic E-state index is -4.91. The number of aliphatic hydroxyl groups is 1. The smallest absolute Gasteiger partial charge is 0.435 e. The molecule has 1 aliphatic carbocycles.